The van der Waals surface area contributed by atoms with Crippen LogP contribution >= 0.6 is 11.6 Å². The van der Waals surface area contributed by atoms with E-state index in [0.717, 1.165) is 19.3 Å². The lowest BCUT2D eigenvalue weighted by atomic mass is 9.70. The predicted molar refractivity (Wildman–Crippen MR) is 62.9 cm³/mol. The van der Waals surface area contributed by atoms with Gasteiger partial charge in [0.05, 0.1) is 5.41 Å². The Morgan fingerprint density at radius 1 is 1.31 bits per heavy atom. The molecule has 16 heavy (non-hydrogen) atoms. The highest BCUT2D eigenvalue weighted by Gasteiger charge is 2.38. The fraction of sp³-hybridized carbons (Fsp3) is 0.500. The van der Waals surface area contributed by atoms with Crippen LogP contribution in [-0.4, -0.2) is 10.8 Å². The van der Waals surface area contributed by atoms with E-state index in [2.05, 4.69) is 4.98 Å². The third kappa shape index (κ3) is 1.80. The van der Waals surface area contributed by atoms with Gasteiger partial charge < -0.3 is 4.98 Å². The molecule has 86 valence electrons. The Balaban J connectivity index is 2.49. The van der Waals surface area contributed by atoms with Gasteiger partial charge in [-0.25, -0.2) is 0 Å². The van der Waals surface area contributed by atoms with Gasteiger partial charge in [0.2, 0.25) is 0 Å². The Kier molecular flexibility index (Phi) is 2.89. The minimum absolute atomic E-state index is 0.159. The molecule has 1 fully saturated rings. The summed E-state index contributed by atoms with van der Waals surface area (Å²) in [5.41, 5.74) is -0.331. The van der Waals surface area contributed by atoms with E-state index in [1.807, 2.05) is 6.92 Å². The van der Waals surface area contributed by atoms with Crippen molar-refractivity contribution in [3.63, 3.8) is 0 Å². The van der Waals surface area contributed by atoms with Crippen molar-refractivity contribution in [3.05, 3.63) is 33.2 Å². The predicted octanol–water partition coefficient (Wildman–Crippen LogP) is 2.43. The first-order chi connectivity index (χ1) is 7.54. The zero-order chi connectivity index (χ0) is 11.8. The molecule has 1 heterocycles. The molecule has 1 saturated carbocycles. The third-order valence-electron chi connectivity index (χ3n) is 3.41. The molecule has 0 unspecified atom stereocenters. The first kappa shape index (κ1) is 11.4. The Labute approximate surface area is 98.8 Å². The van der Waals surface area contributed by atoms with E-state index in [0.29, 0.717) is 17.1 Å². The first-order valence-corrected chi connectivity index (χ1v) is 5.84. The molecular weight excluding hydrogens is 226 g/mol. The van der Waals surface area contributed by atoms with Crippen molar-refractivity contribution < 1.29 is 4.79 Å². The van der Waals surface area contributed by atoms with Crippen molar-refractivity contribution in [3.8, 4) is 0 Å². The number of halogens is 1. The van der Waals surface area contributed by atoms with E-state index in [9.17, 15) is 9.59 Å². The number of hydrogen-bond donors (Lipinski definition) is 1. The Morgan fingerprint density at radius 2 is 2.06 bits per heavy atom. The molecule has 1 aromatic heterocycles. The number of nitrogens with one attached hydrogen (secondary N) is 1. The van der Waals surface area contributed by atoms with Gasteiger partial charge >= 0.3 is 0 Å². The molecule has 0 bridgehead atoms. The van der Waals surface area contributed by atoms with Crippen molar-refractivity contribution in [2.45, 2.75) is 38.0 Å². The number of ketones is 1. The SMILES string of the molecule is C[C@]1(c2ccc(Cl)[nH]c2=O)CCCCC1=O. The third-order valence-corrected chi connectivity index (χ3v) is 3.63. The first-order valence-electron chi connectivity index (χ1n) is 5.47. The average Bonchev–Trinajstić information content (AvgIpc) is 2.22. The second kappa shape index (κ2) is 4.06. The van der Waals surface area contributed by atoms with Gasteiger partial charge in [-0.2, -0.15) is 0 Å². The molecule has 3 nitrogen and oxygen atoms in total. The van der Waals surface area contributed by atoms with E-state index in [1.165, 1.54) is 0 Å². The Bertz CT molecular complexity index is 480. The second-order valence-corrected chi connectivity index (χ2v) is 4.92. The van der Waals surface area contributed by atoms with E-state index in [1.54, 1.807) is 12.1 Å². The van der Waals surface area contributed by atoms with Crippen molar-refractivity contribution in [1.82, 2.24) is 4.98 Å². The minimum Gasteiger partial charge on any atom is -0.313 e. The fourth-order valence-corrected chi connectivity index (χ4v) is 2.50. The number of pyridine rings is 1. The van der Waals surface area contributed by atoms with Crippen LogP contribution < -0.4 is 5.56 Å². The number of aromatic amines is 1. The molecule has 2 rings (SSSR count). The maximum Gasteiger partial charge on any atom is 0.253 e. The van der Waals surface area contributed by atoms with E-state index in [-0.39, 0.29) is 11.3 Å². The monoisotopic (exact) mass is 239 g/mol. The van der Waals surface area contributed by atoms with E-state index < -0.39 is 5.41 Å². The highest BCUT2D eigenvalue weighted by Crippen LogP contribution is 2.34. The molecule has 1 aliphatic carbocycles. The minimum atomic E-state index is -0.629. The van der Waals surface area contributed by atoms with Crippen LogP contribution in [0.15, 0.2) is 16.9 Å². The molecule has 1 atom stereocenters. The van der Waals surface area contributed by atoms with Gasteiger partial charge in [0.1, 0.15) is 10.9 Å². The van der Waals surface area contributed by atoms with Gasteiger partial charge in [-0.3, -0.25) is 9.59 Å². The summed E-state index contributed by atoms with van der Waals surface area (Å²) in [6, 6.07) is 3.30. The van der Waals surface area contributed by atoms with Crippen molar-refractivity contribution >= 4 is 17.4 Å². The van der Waals surface area contributed by atoms with Crippen LogP contribution in [0.25, 0.3) is 0 Å². The molecule has 1 N–H and O–H groups in total. The van der Waals surface area contributed by atoms with E-state index in [4.69, 9.17) is 11.6 Å². The van der Waals surface area contributed by atoms with Gasteiger partial charge in [0.25, 0.3) is 5.56 Å². The molecule has 4 heteroatoms. The lowest BCUT2D eigenvalue weighted by molar-refractivity contribution is -0.125. The quantitative estimate of drug-likeness (QED) is 0.766. The summed E-state index contributed by atoms with van der Waals surface area (Å²) in [6.45, 7) is 1.85. The molecular formula is C12H14ClNO2. The molecule has 0 radical (unpaired) electrons. The largest absolute Gasteiger partial charge is 0.313 e. The van der Waals surface area contributed by atoms with Crippen LogP contribution in [0.1, 0.15) is 38.2 Å². The molecule has 0 aliphatic heterocycles. The number of rotatable bonds is 1. The topological polar surface area (TPSA) is 49.9 Å². The van der Waals surface area contributed by atoms with Gasteiger partial charge in [-0.1, -0.05) is 18.0 Å². The number of H-pyrrole nitrogens is 1. The van der Waals surface area contributed by atoms with Crippen LogP contribution in [0, 0.1) is 0 Å². The Morgan fingerprint density at radius 3 is 2.69 bits per heavy atom. The highest BCUT2D eigenvalue weighted by atomic mass is 35.5. The standard InChI is InChI=1S/C12H14ClNO2/c1-12(7-3-2-4-9(12)15)8-5-6-10(13)14-11(8)16/h5-6H,2-4,7H2,1H3,(H,14,16)/t12-/m1/s1. The van der Waals surface area contributed by atoms with Gasteiger partial charge in [-0.05, 0) is 31.9 Å². The maximum absolute atomic E-state index is 12.0. The highest BCUT2D eigenvalue weighted by molar-refractivity contribution is 6.29. The molecule has 0 aromatic carbocycles. The summed E-state index contributed by atoms with van der Waals surface area (Å²) < 4.78 is 0. The zero-order valence-electron chi connectivity index (χ0n) is 9.18. The van der Waals surface area contributed by atoms with Crippen LogP contribution in [0.5, 0.6) is 0 Å². The summed E-state index contributed by atoms with van der Waals surface area (Å²) in [4.78, 5) is 26.3. The van der Waals surface area contributed by atoms with Crippen molar-refractivity contribution in [2.24, 2.45) is 0 Å². The number of carbonyl (C=O) groups excluding carboxylic acids is 1. The van der Waals surface area contributed by atoms with Gasteiger partial charge in [0.15, 0.2) is 0 Å². The molecule has 0 spiro atoms. The lowest BCUT2D eigenvalue weighted by Gasteiger charge is -2.31. The summed E-state index contributed by atoms with van der Waals surface area (Å²) in [5, 5.41) is 0.306. The van der Waals surface area contributed by atoms with Crippen molar-refractivity contribution in [2.75, 3.05) is 0 Å². The van der Waals surface area contributed by atoms with Crippen LogP contribution in [0.3, 0.4) is 0 Å². The zero-order valence-corrected chi connectivity index (χ0v) is 9.93. The molecule has 1 aliphatic rings. The normalized spacial score (nSPS) is 25.8. The second-order valence-electron chi connectivity index (χ2n) is 4.51. The number of aromatic nitrogens is 1. The molecule has 0 amide bonds. The number of carbonyl (C=O) groups is 1. The van der Waals surface area contributed by atoms with Gasteiger partial charge in [0, 0.05) is 12.0 Å². The summed E-state index contributed by atoms with van der Waals surface area (Å²) in [6.07, 6.45) is 3.24. The van der Waals surface area contributed by atoms with Crippen molar-refractivity contribution in [1.29, 1.82) is 0 Å². The van der Waals surface area contributed by atoms with Crippen LogP contribution in [0.2, 0.25) is 5.15 Å². The van der Waals surface area contributed by atoms with Crippen LogP contribution in [0.4, 0.5) is 0 Å². The summed E-state index contributed by atoms with van der Waals surface area (Å²) in [5.74, 6) is 0.159. The molecule has 1 aromatic rings. The maximum atomic E-state index is 12.0. The van der Waals surface area contributed by atoms with Gasteiger partial charge in [-0.15, -0.1) is 0 Å². The number of hydrogen-bond acceptors (Lipinski definition) is 2. The average molecular weight is 240 g/mol. The summed E-state index contributed by atoms with van der Waals surface area (Å²) >= 11 is 5.70. The summed E-state index contributed by atoms with van der Waals surface area (Å²) in [7, 11) is 0. The molecule has 0 saturated heterocycles. The van der Waals surface area contributed by atoms with E-state index >= 15 is 0 Å². The van der Waals surface area contributed by atoms with Crippen LogP contribution in [-0.2, 0) is 10.2 Å². The number of Topliss-reactive ketones (excluding diaryl/α,β-unsaturated/α-hetero) is 1. The lowest BCUT2D eigenvalue weighted by Crippen LogP contribution is -2.39. The fourth-order valence-electron chi connectivity index (χ4n) is 2.35. The Hall–Kier alpha value is -1.09. The smallest absolute Gasteiger partial charge is 0.253 e.